The van der Waals surface area contributed by atoms with Crippen LogP contribution in [-0.2, 0) is 14.8 Å². The molecule has 0 aliphatic carbocycles. The molecule has 0 radical (unpaired) electrons. The summed E-state index contributed by atoms with van der Waals surface area (Å²) in [6.45, 7) is 4.88. The molecule has 5 nitrogen and oxygen atoms in total. The maximum absolute atomic E-state index is 12.9. The smallest absolute Gasteiger partial charge is 0.243 e. The van der Waals surface area contributed by atoms with Crippen molar-refractivity contribution in [2.45, 2.75) is 37.5 Å². The van der Waals surface area contributed by atoms with Crippen LogP contribution in [0.25, 0.3) is 0 Å². The second-order valence-electron chi connectivity index (χ2n) is 7.42. The van der Waals surface area contributed by atoms with Crippen LogP contribution < -0.4 is 5.32 Å². The lowest BCUT2D eigenvalue weighted by Gasteiger charge is -2.31. The fraction of sp³-hybridized carbons (Fsp3) is 0.381. The van der Waals surface area contributed by atoms with Gasteiger partial charge in [0.15, 0.2) is 0 Å². The number of anilines is 1. The van der Waals surface area contributed by atoms with Gasteiger partial charge in [0.25, 0.3) is 0 Å². The monoisotopic (exact) mass is 464 g/mol. The number of carbonyl (C=O) groups excluding carboxylic acids is 1. The number of sulfonamides is 1. The highest BCUT2D eigenvalue weighted by molar-refractivity contribution is 9.10. The quantitative estimate of drug-likeness (QED) is 0.701. The van der Waals surface area contributed by atoms with Crippen molar-refractivity contribution in [2.75, 3.05) is 18.4 Å². The van der Waals surface area contributed by atoms with Gasteiger partial charge in [-0.2, -0.15) is 4.31 Å². The normalized spacial score (nSPS) is 18.2. The van der Waals surface area contributed by atoms with Gasteiger partial charge in [-0.1, -0.05) is 41.9 Å². The first-order chi connectivity index (χ1) is 13.3. The molecule has 0 unspecified atom stereocenters. The van der Waals surface area contributed by atoms with Gasteiger partial charge in [-0.15, -0.1) is 0 Å². The molecule has 2 aromatic rings. The molecule has 1 aliphatic rings. The Morgan fingerprint density at radius 3 is 2.36 bits per heavy atom. The van der Waals surface area contributed by atoms with Gasteiger partial charge in [0.1, 0.15) is 0 Å². The molecule has 1 saturated heterocycles. The number of carbonyl (C=O) groups is 1. The first-order valence-electron chi connectivity index (χ1n) is 9.44. The number of benzene rings is 2. The Hall–Kier alpha value is -1.70. The lowest BCUT2D eigenvalue weighted by Crippen LogP contribution is -2.43. The van der Waals surface area contributed by atoms with Crippen molar-refractivity contribution in [3.63, 3.8) is 0 Å². The van der Waals surface area contributed by atoms with E-state index in [1.54, 1.807) is 24.3 Å². The van der Waals surface area contributed by atoms with Gasteiger partial charge < -0.3 is 5.32 Å². The Kier molecular flexibility index (Phi) is 6.58. The summed E-state index contributed by atoms with van der Waals surface area (Å²) in [5, 5.41) is 2.93. The Balaban J connectivity index is 1.68. The van der Waals surface area contributed by atoms with Gasteiger partial charge in [-0.25, -0.2) is 8.42 Å². The third kappa shape index (κ3) is 4.82. The van der Waals surface area contributed by atoms with E-state index in [0.717, 1.165) is 10.2 Å². The molecule has 1 amide bonds. The van der Waals surface area contributed by atoms with E-state index in [2.05, 4.69) is 35.1 Å². The molecule has 150 valence electrons. The second kappa shape index (κ2) is 8.76. The van der Waals surface area contributed by atoms with Crippen molar-refractivity contribution in [1.82, 2.24) is 4.31 Å². The second-order valence-corrected chi connectivity index (χ2v) is 10.3. The zero-order valence-corrected chi connectivity index (χ0v) is 18.5. The topological polar surface area (TPSA) is 66.5 Å². The highest BCUT2D eigenvalue weighted by Crippen LogP contribution is 2.26. The van der Waals surface area contributed by atoms with Crippen molar-refractivity contribution >= 4 is 37.5 Å². The molecular formula is C21H25BrN2O3S. The molecule has 0 aromatic heterocycles. The van der Waals surface area contributed by atoms with Crippen LogP contribution in [0.1, 0.15) is 38.2 Å². The van der Waals surface area contributed by atoms with Crippen LogP contribution in [0.5, 0.6) is 0 Å². The molecule has 1 aliphatic heterocycles. The minimum Gasteiger partial charge on any atom is -0.326 e. The molecule has 1 fully saturated rings. The van der Waals surface area contributed by atoms with Gasteiger partial charge in [0.05, 0.1) is 10.8 Å². The minimum atomic E-state index is -3.60. The van der Waals surface area contributed by atoms with E-state index in [0.29, 0.717) is 25.3 Å². The number of hydrogen-bond acceptors (Lipinski definition) is 3. The number of nitrogens with one attached hydrogen (secondary N) is 1. The van der Waals surface area contributed by atoms with E-state index >= 15 is 0 Å². The van der Waals surface area contributed by atoms with Crippen molar-refractivity contribution in [3.05, 3.63) is 58.6 Å². The number of halogens is 1. The number of hydrogen-bond donors (Lipinski definition) is 1. The van der Waals surface area contributed by atoms with Crippen LogP contribution in [0.2, 0.25) is 0 Å². The van der Waals surface area contributed by atoms with Crippen molar-refractivity contribution in [2.24, 2.45) is 5.92 Å². The first-order valence-corrected chi connectivity index (χ1v) is 11.7. The molecule has 7 heteroatoms. The fourth-order valence-corrected chi connectivity index (χ4v) is 5.11. The number of piperidine rings is 1. The predicted octanol–water partition coefficient (Wildman–Crippen LogP) is 4.61. The van der Waals surface area contributed by atoms with E-state index < -0.39 is 10.0 Å². The number of amides is 1. The van der Waals surface area contributed by atoms with E-state index in [-0.39, 0.29) is 23.3 Å². The van der Waals surface area contributed by atoms with Crippen LogP contribution in [0.3, 0.4) is 0 Å². The van der Waals surface area contributed by atoms with Gasteiger partial charge in [0.2, 0.25) is 15.9 Å². The predicted molar refractivity (Wildman–Crippen MR) is 115 cm³/mol. The standard InChI is InChI=1S/C21H25BrN2O3S/c1-15(2)16-5-9-19(10-6-16)23-21(25)17-4-3-13-24(14-17)28(26,27)20-11-7-18(22)8-12-20/h5-12,15,17H,3-4,13-14H2,1-2H3,(H,23,25)/t17-/m0/s1. The summed E-state index contributed by atoms with van der Waals surface area (Å²) in [4.78, 5) is 13.0. The zero-order valence-electron chi connectivity index (χ0n) is 16.1. The Morgan fingerprint density at radius 2 is 1.75 bits per heavy atom. The Morgan fingerprint density at radius 1 is 1.11 bits per heavy atom. The Labute approximate surface area is 175 Å². The molecule has 2 aromatic carbocycles. The van der Waals surface area contributed by atoms with Crippen molar-refractivity contribution in [1.29, 1.82) is 0 Å². The summed E-state index contributed by atoms with van der Waals surface area (Å²) in [6, 6.07) is 14.4. The van der Waals surface area contributed by atoms with Crippen molar-refractivity contribution < 1.29 is 13.2 Å². The van der Waals surface area contributed by atoms with Crippen LogP contribution in [0.4, 0.5) is 5.69 Å². The number of nitrogens with zero attached hydrogens (tertiary/aromatic N) is 1. The zero-order chi connectivity index (χ0) is 20.3. The summed E-state index contributed by atoms with van der Waals surface area (Å²) >= 11 is 3.32. The Bertz CT molecular complexity index is 925. The highest BCUT2D eigenvalue weighted by atomic mass is 79.9. The molecule has 28 heavy (non-hydrogen) atoms. The molecule has 3 rings (SSSR count). The van der Waals surface area contributed by atoms with E-state index in [1.807, 2.05) is 24.3 Å². The molecule has 1 heterocycles. The van der Waals surface area contributed by atoms with Crippen LogP contribution in [-0.4, -0.2) is 31.7 Å². The SMILES string of the molecule is CC(C)c1ccc(NC(=O)[C@H]2CCCN(S(=O)(=O)c3ccc(Br)cc3)C2)cc1. The average molecular weight is 465 g/mol. The van der Waals surface area contributed by atoms with E-state index in [1.165, 1.54) is 9.87 Å². The summed E-state index contributed by atoms with van der Waals surface area (Å²) in [6.07, 6.45) is 1.35. The first kappa shape index (κ1) is 21.0. The molecular weight excluding hydrogens is 440 g/mol. The number of rotatable bonds is 5. The molecule has 0 spiro atoms. The largest absolute Gasteiger partial charge is 0.326 e. The molecule has 0 saturated carbocycles. The van der Waals surface area contributed by atoms with Gasteiger partial charge in [-0.05, 0) is 60.7 Å². The summed E-state index contributed by atoms with van der Waals surface area (Å²) in [7, 11) is -3.60. The summed E-state index contributed by atoms with van der Waals surface area (Å²) in [5.41, 5.74) is 1.95. The van der Waals surface area contributed by atoms with Gasteiger partial charge >= 0.3 is 0 Å². The van der Waals surface area contributed by atoms with E-state index in [4.69, 9.17) is 0 Å². The molecule has 0 bridgehead atoms. The van der Waals surface area contributed by atoms with Crippen LogP contribution >= 0.6 is 15.9 Å². The lowest BCUT2D eigenvalue weighted by atomic mass is 9.98. The van der Waals surface area contributed by atoms with Gasteiger partial charge in [0, 0.05) is 23.2 Å². The average Bonchev–Trinajstić information content (AvgIpc) is 2.69. The maximum Gasteiger partial charge on any atom is 0.243 e. The third-order valence-electron chi connectivity index (χ3n) is 5.05. The van der Waals surface area contributed by atoms with E-state index in [9.17, 15) is 13.2 Å². The molecule has 1 N–H and O–H groups in total. The van der Waals surface area contributed by atoms with Crippen molar-refractivity contribution in [3.8, 4) is 0 Å². The molecule has 1 atom stereocenters. The van der Waals surface area contributed by atoms with Crippen LogP contribution in [0, 0.1) is 5.92 Å². The summed E-state index contributed by atoms with van der Waals surface area (Å²) < 4.78 is 28.1. The highest BCUT2D eigenvalue weighted by Gasteiger charge is 2.33. The van der Waals surface area contributed by atoms with Crippen LogP contribution in [0.15, 0.2) is 57.9 Å². The third-order valence-corrected chi connectivity index (χ3v) is 7.46. The maximum atomic E-state index is 12.9. The van der Waals surface area contributed by atoms with Gasteiger partial charge in [-0.3, -0.25) is 4.79 Å². The fourth-order valence-electron chi connectivity index (χ4n) is 3.33. The lowest BCUT2D eigenvalue weighted by molar-refractivity contribution is -0.120. The summed E-state index contributed by atoms with van der Waals surface area (Å²) in [5.74, 6) is -0.0581. The minimum absolute atomic E-state index is 0.131.